The fraction of sp³-hybridized carbons (Fsp3) is 0.379. The zero-order chi connectivity index (χ0) is 31.1. The number of benzene rings is 1. The molecule has 0 saturated carbocycles. The van der Waals surface area contributed by atoms with Crippen molar-refractivity contribution < 1.29 is 29.0 Å². The summed E-state index contributed by atoms with van der Waals surface area (Å²) in [6.45, 7) is 8.72. The maximum atomic E-state index is 13.2. The molecule has 3 heterocycles. The Hall–Kier alpha value is -4.98. The largest absolute Gasteiger partial charge is 0.491 e. The van der Waals surface area contributed by atoms with Crippen LogP contribution in [0, 0.1) is 13.8 Å². The number of esters is 1. The maximum absolute atomic E-state index is 13.2. The molecule has 0 atom stereocenters. The van der Waals surface area contributed by atoms with E-state index in [1.807, 2.05) is 13.8 Å². The van der Waals surface area contributed by atoms with Gasteiger partial charge in [-0.2, -0.15) is 10.2 Å². The third-order valence-electron chi connectivity index (χ3n) is 6.50. The molecule has 0 unspecified atom stereocenters. The SMILES string of the molecule is CCn1nc(C)cc1C(=O)Nc1nc2cc(C(N)=O)cc(OCCCOC(=O)c3cc(C)nn3CC)c2n1CC=CCO. The molecule has 0 bridgehead atoms. The molecule has 0 aliphatic rings. The highest BCUT2D eigenvalue weighted by atomic mass is 16.5. The summed E-state index contributed by atoms with van der Waals surface area (Å²) in [5.74, 6) is -1.06. The first-order chi connectivity index (χ1) is 20.7. The molecule has 14 nitrogen and oxygen atoms in total. The Morgan fingerprint density at radius 2 is 1.65 bits per heavy atom. The van der Waals surface area contributed by atoms with Gasteiger partial charge >= 0.3 is 5.97 Å². The van der Waals surface area contributed by atoms with Crippen molar-refractivity contribution in [1.29, 1.82) is 0 Å². The molecule has 0 saturated heterocycles. The minimum atomic E-state index is -0.675. The molecule has 43 heavy (non-hydrogen) atoms. The van der Waals surface area contributed by atoms with Gasteiger partial charge in [-0.15, -0.1) is 0 Å². The summed E-state index contributed by atoms with van der Waals surface area (Å²) in [6, 6.07) is 6.39. The van der Waals surface area contributed by atoms with Crippen molar-refractivity contribution in [3.05, 3.63) is 64.8 Å². The molecule has 0 radical (unpaired) electrons. The topological polar surface area (TPSA) is 181 Å². The molecule has 14 heteroatoms. The van der Waals surface area contributed by atoms with Crippen molar-refractivity contribution in [1.82, 2.24) is 29.1 Å². The number of rotatable bonds is 14. The van der Waals surface area contributed by atoms with Crippen molar-refractivity contribution in [2.45, 2.75) is 53.8 Å². The molecule has 1 aromatic carbocycles. The number of aromatic nitrogens is 6. The van der Waals surface area contributed by atoms with E-state index in [0.29, 0.717) is 53.4 Å². The summed E-state index contributed by atoms with van der Waals surface area (Å²) in [4.78, 5) is 42.5. The van der Waals surface area contributed by atoms with E-state index in [1.165, 1.54) is 12.1 Å². The summed E-state index contributed by atoms with van der Waals surface area (Å²) in [5.41, 5.74) is 8.80. The number of anilines is 1. The predicted molar refractivity (Wildman–Crippen MR) is 158 cm³/mol. The number of hydrogen-bond acceptors (Lipinski definition) is 9. The number of hydrogen-bond donors (Lipinski definition) is 3. The fourth-order valence-electron chi connectivity index (χ4n) is 4.58. The molecule has 228 valence electrons. The molecule has 0 spiro atoms. The number of aliphatic hydroxyl groups is 1. The molecule has 4 N–H and O–H groups in total. The number of imidazole rings is 1. The number of allylic oxidation sites excluding steroid dienone is 1. The Bertz CT molecular complexity index is 1660. The van der Waals surface area contributed by atoms with E-state index in [9.17, 15) is 19.5 Å². The number of carbonyl (C=O) groups excluding carboxylic acids is 3. The number of primary amides is 1. The first-order valence-electron chi connectivity index (χ1n) is 14.0. The highest BCUT2D eigenvalue weighted by Crippen LogP contribution is 2.31. The van der Waals surface area contributed by atoms with Gasteiger partial charge in [0, 0.05) is 31.6 Å². The van der Waals surface area contributed by atoms with Crippen LogP contribution in [0.1, 0.15) is 63.0 Å². The van der Waals surface area contributed by atoms with Crippen LogP contribution in [-0.4, -0.2) is 71.8 Å². The third kappa shape index (κ3) is 7.09. The number of aliphatic hydroxyl groups excluding tert-OH is 1. The molecular formula is C29H36N8O6. The summed E-state index contributed by atoms with van der Waals surface area (Å²) in [5, 5.41) is 20.7. The van der Waals surface area contributed by atoms with Crippen LogP contribution in [0.15, 0.2) is 36.4 Å². The van der Waals surface area contributed by atoms with Crippen LogP contribution < -0.4 is 15.8 Å². The monoisotopic (exact) mass is 592 g/mol. The molecule has 0 fully saturated rings. The molecule has 0 aliphatic carbocycles. The zero-order valence-corrected chi connectivity index (χ0v) is 24.7. The van der Waals surface area contributed by atoms with Crippen molar-refractivity contribution >= 4 is 34.8 Å². The average Bonchev–Trinajstić information content (AvgIpc) is 3.66. The molecule has 4 rings (SSSR count). The molecule has 3 aromatic heterocycles. The quantitative estimate of drug-likeness (QED) is 0.113. The Kier molecular flexibility index (Phi) is 9.93. The Morgan fingerprint density at radius 1 is 0.977 bits per heavy atom. The van der Waals surface area contributed by atoms with Crippen LogP contribution in [0.2, 0.25) is 0 Å². The second kappa shape index (κ2) is 13.8. The number of aryl methyl sites for hydroxylation is 4. The zero-order valence-electron chi connectivity index (χ0n) is 24.7. The minimum absolute atomic E-state index is 0.0930. The van der Waals surface area contributed by atoms with E-state index < -0.39 is 17.8 Å². The number of ether oxygens (including phenoxy) is 2. The second-order valence-electron chi connectivity index (χ2n) is 9.67. The highest BCUT2D eigenvalue weighted by molar-refractivity contribution is 6.04. The van der Waals surface area contributed by atoms with E-state index in [2.05, 4.69) is 20.5 Å². The van der Waals surface area contributed by atoms with Crippen molar-refractivity contribution in [3.8, 4) is 5.75 Å². The van der Waals surface area contributed by atoms with Gasteiger partial charge in [-0.05, 0) is 52.0 Å². The summed E-state index contributed by atoms with van der Waals surface area (Å²) in [6.07, 6.45) is 3.63. The van der Waals surface area contributed by atoms with Gasteiger partial charge in [0.2, 0.25) is 11.9 Å². The Labute approximate surface area is 248 Å². The lowest BCUT2D eigenvalue weighted by Gasteiger charge is -2.13. The van der Waals surface area contributed by atoms with Gasteiger partial charge in [-0.1, -0.05) is 12.2 Å². The molecule has 4 aromatic rings. The molecular weight excluding hydrogens is 556 g/mol. The van der Waals surface area contributed by atoms with E-state index in [4.69, 9.17) is 15.2 Å². The van der Waals surface area contributed by atoms with Gasteiger partial charge in [0.25, 0.3) is 5.91 Å². The summed E-state index contributed by atoms with van der Waals surface area (Å²) < 4.78 is 16.3. The van der Waals surface area contributed by atoms with Gasteiger partial charge < -0.3 is 24.9 Å². The van der Waals surface area contributed by atoms with Crippen LogP contribution >= 0.6 is 0 Å². The van der Waals surface area contributed by atoms with Gasteiger partial charge in [-0.3, -0.25) is 24.3 Å². The van der Waals surface area contributed by atoms with E-state index >= 15 is 0 Å². The van der Waals surface area contributed by atoms with Gasteiger partial charge in [0.1, 0.15) is 22.7 Å². The normalized spacial score (nSPS) is 11.4. The van der Waals surface area contributed by atoms with Crippen molar-refractivity contribution in [2.24, 2.45) is 5.73 Å². The Balaban J connectivity index is 1.58. The summed E-state index contributed by atoms with van der Waals surface area (Å²) >= 11 is 0. The van der Waals surface area contributed by atoms with E-state index in [1.54, 1.807) is 52.1 Å². The average molecular weight is 593 g/mol. The smallest absolute Gasteiger partial charge is 0.356 e. The van der Waals surface area contributed by atoms with E-state index in [-0.39, 0.29) is 37.9 Å². The highest BCUT2D eigenvalue weighted by Gasteiger charge is 2.22. The van der Waals surface area contributed by atoms with Crippen LogP contribution in [0.4, 0.5) is 5.95 Å². The lowest BCUT2D eigenvalue weighted by molar-refractivity contribution is 0.0471. The molecule has 0 aliphatic heterocycles. The third-order valence-corrected chi connectivity index (χ3v) is 6.50. The second-order valence-corrected chi connectivity index (χ2v) is 9.67. The number of nitrogens with one attached hydrogen (secondary N) is 1. The standard InChI is InChI=1S/C29H36N8O6/c1-5-36-22(14-18(3)33-36)27(40)32-29-31-21-16-20(26(30)39)17-24(25(21)35(29)10-7-8-11-38)42-12-9-13-43-28(41)23-15-19(4)34-37(23)6-2/h7-8,14-17,38H,5-6,9-13H2,1-4H3,(H2,30,39)(H,31,32,40). The van der Waals surface area contributed by atoms with Crippen LogP contribution in [0.25, 0.3) is 11.0 Å². The van der Waals surface area contributed by atoms with Crippen molar-refractivity contribution in [2.75, 3.05) is 25.1 Å². The first-order valence-corrected chi connectivity index (χ1v) is 14.0. The number of carbonyl (C=O) groups is 3. The first kappa shape index (κ1) is 31.0. The maximum Gasteiger partial charge on any atom is 0.356 e. The fourth-order valence-corrected chi connectivity index (χ4v) is 4.58. The predicted octanol–water partition coefficient (Wildman–Crippen LogP) is 2.61. The van der Waals surface area contributed by atoms with Gasteiger partial charge in [0.15, 0.2) is 0 Å². The lowest BCUT2D eigenvalue weighted by Crippen LogP contribution is -2.20. The summed E-state index contributed by atoms with van der Waals surface area (Å²) in [7, 11) is 0. The van der Waals surface area contributed by atoms with Gasteiger partial charge in [-0.25, -0.2) is 9.78 Å². The number of amides is 2. The number of nitrogens with zero attached hydrogens (tertiary/aromatic N) is 6. The van der Waals surface area contributed by atoms with E-state index in [0.717, 1.165) is 5.69 Å². The Morgan fingerprint density at radius 3 is 2.30 bits per heavy atom. The number of fused-ring (bicyclic) bond motifs is 1. The van der Waals surface area contributed by atoms with Crippen LogP contribution in [-0.2, 0) is 24.4 Å². The minimum Gasteiger partial charge on any atom is -0.491 e. The molecule has 2 amide bonds. The van der Waals surface area contributed by atoms with Crippen LogP contribution in [0.3, 0.4) is 0 Å². The van der Waals surface area contributed by atoms with Crippen molar-refractivity contribution in [3.63, 3.8) is 0 Å². The number of nitrogens with two attached hydrogens (primary N) is 1. The van der Waals surface area contributed by atoms with Gasteiger partial charge in [0.05, 0.1) is 36.7 Å². The lowest BCUT2D eigenvalue weighted by atomic mass is 10.1. The van der Waals surface area contributed by atoms with Crippen LogP contribution in [0.5, 0.6) is 5.75 Å².